The summed E-state index contributed by atoms with van der Waals surface area (Å²) in [6.45, 7) is 7.70. The topological polar surface area (TPSA) is 24.4 Å². The molecular weight excluding hydrogens is 180 g/mol. The summed E-state index contributed by atoms with van der Waals surface area (Å²) in [6.07, 6.45) is 2.44. The highest BCUT2D eigenvalue weighted by Gasteiger charge is 2.22. The zero-order valence-corrected chi connectivity index (χ0v) is 9.66. The van der Waals surface area contributed by atoms with Crippen LogP contribution in [0.15, 0.2) is 4.99 Å². The SMILES string of the molecule is CCCCN=C1N[C@@H](C(C)C)CS1. The molecule has 1 heterocycles. The van der Waals surface area contributed by atoms with Crippen LogP contribution in [0.25, 0.3) is 0 Å². The summed E-state index contributed by atoms with van der Waals surface area (Å²) in [5.74, 6) is 1.90. The van der Waals surface area contributed by atoms with Gasteiger partial charge in [-0.15, -0.1) is 0 Å². The minimum atomic E-state index is 0.630. The highest BCUT2D eigenvalue weighted by atomic mass is 32.2. The molecule has 0 saturated carbocycles. The summed E-state index contributed by atoms with van der Waals surface area (Å²) in [6, 6.07) is 0.630. The highest BCUT2D eigenvalue weighted by molar-refractivity contribution is 8.14. The first kappa shape index (κ1) is 10.9. The van der Waals surface area contributed by atoms with Gasteiger partial charge in [-0.2, -0.15) is 0 Å². The van der Waals surface area contributed by atoms with Gasteiger partial charge in [0.25, 0.3) is 0 Å². The number of thioether (sulfide) groups is 1. The van der Waals surface area contributed by atoms with E-state index in [2.05, 4.69) is 31.1 Å². The molecule has 0 bridgehead atoms. The predicted molar refractivity (Wildman–Crippen MR) is 61.4 cm³/mol. The Bertz CT molecular complexity index is 178. The van der Waals surface area contributed by atoms with Crippen LogP contribution in [-0.4, -0.2) is 23.5 Å². The van der Waals surface area contributed by atoms with Crippen LogP contribution in [0.5, 0.6) is 0 Å². The van der Waals surface area contributed by atoms with Gasteiger partial charge in [-0.05, 0) is 12.3 Å². The van der Waals surface area contributed by atoms with Crippen LogP contribution in [0.3, 0.4) is 0 Å². The molecule has 0 aromatic heterocycles. The molecule has 1 saturated heterocycles. The number of nitrogens with one attached hydrogen (secondary N) is 1. The molecule has 0 aromatic carbocycles. The van der Waals surface area contributed by atoms with Crippen LogP contribution in [0.2, 0.25) is 0 Å². The smallest absolute Gasteiger partial charge is 0.156 e. The largest absolute Gasteiger partial charge is 0.361 e. The lowest BCUT2D eigenvalue weighted by Gasteiger charge is -2.12. The first-order valence-corrected chi connectivity index (χ1v) is 6.16. The average molecular weight is 200 g/mol. The fourth-order valence-electron chi connectivity index (χ4n) is 1.20. The molecular formula is C10H20N2S. The van der Waals surface area contributed by atoms with E-state index in [-0.39, 0.29) is 0 Å². The number of aliphatic imine (C=N–C) groups is 1. The summed E-state index contributed by atoms with van der Waals surface area (Å²) < 4.78 is 0. The third-order valence-corrected chi connectivity index (χ3v) is 3.33. The van der Waals surface area contributed by atoms with E-state index in [1.54, 1.807) is 0 Å². The van der Waals surface area contributed by atoms with Crippen molar-refractivity contribution in [3.63, 3.8) is 0 Å². The van der Waals surface area contributed by atoms with Crippen molar-refractivity contribution in [2.45, 2.75) is 39.7 Å². The number of unbranched alkanes of at least 4 members (excludes halogenated alkanes) is 1. The highest BCUT2D eigenvalue weighted by Crippen LogP contribution is 2.18. The summed E-state index contributed by atoms with van der Waals surface area (Å²) >= 11 is 1.87. The lowest BCUT2D eigenvalue weighted by atomic mass is 10.1. The second-order valence-corrected chi connectivity index (χ2v) is 4.85. The lowest BCUT2D eigenvalue weighted by Crippen LogP contribution is -2.31. The lowest BCUT2D eigenvalue weighted by molar-refractivity contribution is 0.503. The normalized spacial score (nSPS) is 25.5. The monoisotopic (exact) mass is 200 g/mol. The van der Waals surface area contributed by atoms with E-state index in [1.807, 2.05) is 11.8 Å². The molecule has 0 aromatic rings. The van der Waals surface area contributed by atoms with Crippen LogP contribution in [-0.2, 0) is 0 Å². The third-order valence-electron chi connectivity index (χ3n) is 2.28. The first-order chi connectivity index (χ1) is 6.24. The van der Waals surface area contributed by atoms with Crippen LogP contribution < -0.4 is 5.32 Å². The van der Waals surface area contributed by atoms with Crippen molar-refractivity contribution in [3.8, 4) is 0 Å². The predicted octanol–water partition coefficient (Wildman–Crippen LogP) is 2.50. The molecule has 3 heteroatoms. The Morgan fingerprint density at radius 1 is 1.62 bits per heavy atom. The fourth-order valence-corrected chi connectivity index (χ4v) is 2.42. The van der Waals surface area contributed by atoms with Crippen molar-refractivity contribution in [3.05, 3.63) is 0 Å². The number of hydrogen-bond acceptors (Lipinski definition) is 2. The van der Waals surface area contributed by atoms with Crippen molar-refractivity contribution in [1.29, 1.82) is 0 Å². The number of amidine groups is 1. The van der Waals surface area contributed by atoms with Crippen LogP contribution in [0.1, 0.15) is 33.6 Å². The van der Waals surface area contributed by atoms with Crippen molar-refractivity contribution in [2.75, 3.05) is 12.3 Å². The minimum Gasteiger partial charge on any atom is -0.361 e. The van der Waals surface area contributed by atoms with E-state index in [0.717, 1.165) is 11.7 Å². The van der Waals surface area contributed by atoms with Crippen molar-refractivity contribution < 1.29 is 0 Å². The third kappa shape index (κ3) is 3.59. The molecule has 1 rings (SSSR count). The van der Waals surface area contributed by atoms with Gasteiger partial charge in [0.15, 0.2) is 5.17 Å². The molecule has 1 aliphatic rings. The molecule has 13 heavy (non-hydrogen) atoms. The quantitative estimate of drug-likeness (QED) is 0.705. The van der Waals surface area contributed by atoms with Crippen molar-refractivity contribution in [1.82, 2.24) is 5.32 Å². The maximum atomic E-state index is 4.51. The van der Waals surface area contributed by atoms with Gasteiger partial charge in [0, 0.05) is 18.3 Å². The van der Waals surface area contributed by atoms with E-state index in [4.69, 9.17) is 0 Å². The molecule has 2 nitrogen and oxygen atoms in total. The Hall–Kier alpha value is -0.180. The summed E-state index contributed by atoms with van der Waals surface area (Å²) in [7, 11) is 0. The zero-order chi connectivity index (χ0) is 9.68. The van der Waals surface area contributed by atoms with Gasteiger partial charge in [-0.3, -0.25) is 4.99 Å². The van der Waals surface area contributed by atoms with Gasteiger partial charge in [0.2, 0.25) is 0 Å². The summed E-state index contributed by atoms with van der Waals surface area (Å²) in [5, 5.41) is 4.62. The minimum absolute atomic E-state index is 0.630. The van der Waals surface area contributed by atoms with Gasteiger partial charge in [-0.25, -0.2) is 0 Å². The number of nitrogens with zero attached hydrogens (tertiary/aromatic N) is 1. The van der Waals surface area contributed by atoms with Crippen molar-refractivity contribution in [2.24, 2.45) is 10.9 Å². The Morgan fingerprint density at radius 2 is 2.38 bits per heavy atom. The second kappa shape index (κ2) is 5.53. The maximum Gasteiger partial charge on any atom is 0.156 e. The van der Waals surface area contributed by atoms with E-state index < -0.39 is 0 Å². The Kier molecular flexibility index (Phi) is 4.64. The fraction of sp³-hybridized carbons (Fsp3) is 0.900. The average Bonchev–Trinajstić information content (AvgIpc) is 2.53. The van der Waals surface area contributed by atoms with Crippen LogP contribution in [0.4, 0.5) is 0 Å². The molecule has 1 atom stereocenters. The van der Waals surface area contributed by atoms with E-state index >= 15 is 0 Å². The van der Waals surface area contributed by atoms with Gasteiger partial charge < -0.3 is 5.32 Å². The van der Waals surface area contributed by atoms with Gasteiger partial charge in [-0.1, -0.05) is 39.0 Å². The molecule has 76 valence electrons. The maximum absolute atomic E-state index is 4.51. The van der Waals surface area contributed by atoms with Crippen molar-refractivity contribution >= 4 is 16.9 Å². The first-order valence-electron chi connectivity index (χ1n) is 5.17. The van der Waals surface area contributed by atoms with Gasteiger partial charge in [0.1, 0.15) is 0 Å². The number of rotatable bonds is 4. The van der Waals surface area contributed by atoms with E-state index in [9.17, 15) is 0 Å². The Balaban J connectivity index is 2.27. The van der Waals surface area contributed by atoms with E-state index in [1.165, 1.54) is 18.6 Å². The molecule has 1 fully saturated rings. The van der Waals surface area contributed by atoms with E-state index in [0.29, 0.717) is 12.0 Å². The Labute approximate surface area is 85.6 Å². The van der Waals surface area contributed by atoms with Gasteiger partial charge >= 0.3 is 0 Å². The molecule has 0 radical (unpaired) electrons. The second-order valence-electron chi connectivity index (χ2n) is 3.85. The van der Waals surface area contributed by atoms with Crippen LogP contribution in [0, 0.1) is 5.92 Å². The number of hydrogen-bond donors (Lipinski definition) is 1. The standard InChI is InChI=1S/C10H20N2S/c1-4-5-6-11-10-12-9(7-13-10)8(2)3/h8-9H,4-7H2,1-3H3,(H,11,12)/t9-/m1/s1. The zero-order valence-electron chi connectivity index (χ0n) is 8.84. The molecule has 1 N–H and O–H groups in total. The molecule has 0 aliphatic carbocycles. The summed E-state index contributed by atoms with van der Waals surface area (Å²) in [5.41, 5.74) is 0. The van der Waals surface area contributed by atoms with Gasteiger partial charge in [0.05, 0.1) is 0 Å². The summed E-state index contributed by atoms with van der Waals surface area (Å²) in [4.78, 5) is 4.51. The molecule has 0 amide bonds. The Morgan fingerprint density at radius 3 is 2.92 bits per heavy atom. The molecule has 0 spiro atoms. The molecule has 0 unspecified atom stereocenters. The van der Waals surface area contributed by atoms with Crippen LogP contribution >= 0.6 is 11.8 Å². The molecule has 1 aliphatic heterocycles.